The summed E-state index contributed by atoms with van der Waals surface area (Å²) in [6, 6.07) is 1.68. The van der Waals surface area contributed by atoms with Crippen molar-refractivity contribution in [3.8, 4) is 0 Å². The third-order valence-electron chi connectivity index (χ3n) is 4.31. The number of carbonyl (C=O) groups excluding carboxylic acids is 1. The highest BCUT2D eigenvalue weighted by atomic mass is 16.1. The second kappa shape index (κ2) is 5.07. The predicted molar refractivity (Wildman–Crippen MR) is 70.1 cm³/mol. The van der Waals surface area contributed by atoms with E-state index in [0.29, 0.717) is 29.8 Å². The Kier molecular flexibility index (Phi) is 3.88. The Labute approximate surface area is 105 Å². The fourth-order valence-corrected chi connectivity index (χ4v) is 3.57. The van der Waals surface area contributed by atoms with E-state index < -0.39 is 0 Å². The average Bonchev–Trinajstić information content (AvgIpc) is 2.46. The summed E-state index contributed by atoms with van der Waals surface area (Å²) in [7, 11) is 4.29. The molecule has 2 aliphatic heterocycles. The number of nitrogens with zero attached hydrogens (tertiary/aromatic N) is 2. The third-order valence-corrected chi connectivity index (χ3v) is 4.31. The van der Waals surface area contributed by atoms with E-state index in [1.807, 2.05) is 0 Å². The summed E-state index contributed by atoms with van der Waals surface area (Å²) in [6.07, 6.45) is 4.06. The van der Waals surface area contributed by atoms with Gasteiger partial charge >= 0.3 is 0 Å². The van der Waals surface area contributed by atoms with E-state index in [9.17, 15) is 4.79 Å². The maximum Gasteiger partial charge on any atom is 0.136 e. The van der Waals surface area contributed by atoms with E-state index in [1.165, 1.54) is 12.8 Å². The van der Waals surface area contributed by atoms with E-state index in [0.717, 1.165) is 19.4 Å². The number of rotatable bonds is 4. The van der Waals surface area contributed by atoms with Crippen molar-refractivity contribution in [3.63, 3.8) is 0 Å². The normalized spacial score (nSPS) is 31.5. The molecule has 0 saturated carbocycles. The topological polar surface area (TPSA) is 23.6 Å². The van der Waals surface area contributed by atoms with Gasteiger partial charge in [0.25, 0.3) is 0 Å². The summed E-state index contributed by atoms with van der Waals surface area (Å²) < 4.78 is 0. The first kappa shape index (κ1) is 13.0. The van der Waals surface area contributed by atoms with E-state index in [-0.39, 0.29) is 0 Å². The molecule has 0 N–H and O–H groups in total. The summed E-state index contributed by atoms with van der Waals surface area (Å²) in [4.78, 5) is 16.6. The van der Waals surface area contributed by atoms with Gasteiger partial charge in [-0.25, -0.2) is 0 Å². The molecule has 3 atom stereocenters. The number of likely N-dealkylation sites (N-methyl/N-ethyl adjacent to an activating group) is 1. The molecule has 3 heteroatoms. The first-order chi connectivity index (χ1) is 7.99. The molecule has 0 aromatic heterocycles. The van der Waals surface area contributed by atoms with Crippen LogP contribution < -0.4 is 0 Å². The zero-order chi connectivity index (χ0) is 12.6. The Morgan fingerprint density at radius 2 is 1.76 bits per heavy atom. The molecule has 2 heterocycles. The zero-order valence-corrected chi connectivity index (χ0v) is 11.6. The van der Waals surface area contributed by atoms with E-state index in [2.05, 4.69) is 37.7 Å². The molecule has 0 aromatic rings. The smallest absolute Gasteiger partial charge is 0.136 e. The van der Waals surface area contributed by atoms with Crippen LogP contribution in [0.1, 0.15) is 39.5 Å². The van der Waals surface area contributed by atoms with Gasteiger partial charge in [0.15, 0.2) is 0 Å². The van der Waals surface area contributed by atoms with Crippen molar-refractivity contribution >= 4 is 5.78 Å². The van der Waals surface area contributed by atoms with Crippen molar-refractivity contribution in [1.29, 1.82) is 0 Å². The van der Waals surface area contributed by atoms with Crippen LogP contribution in [0.3, 0.4) is 0 Å². The summed E-state index contributed by atoms with van der Waals surface area (Å²) in [5, 5.41) is 0. The van der Waals surface area contributed by atoms with Gasteiger partial charge < -0.3 is 4.90 Å². The van der Waals surface area contributed by atoms with Gasteiger partial charge in [-0.05, 0) is 32.9 Å². The lowest BCUT2D eigenvalue weighted by molar-refractivity contribution is -0.125. The fourth-order valence-electron chi connectivity index (χ4n) is 3.57. The predicted octanol–water partition coefficient (Wildman–Crippen LogP) is 1.77. The monoisotopic (exact) mass is 238 g/mol. The quantitative estimate of drug-likeness (QED) is 0.746. The lowest BCUT2D eigenvalue weighted by Gasteiger charge is -2.43. The zero-order valence-electron chi connectivity index (χ0n) is 11.6. The Bertz CT molecular complexity index is 272. The molecule has 2 fully saturated rings. The van der Waals surface area contributed by atoms with Crippen LogP contribution >= 0.6 is 0 Å². The molecule has 0 radical (unpaired) electrons. The molecule has 0 spiro atoms. The Hall–Kier alpha value is -0.410. The number of fused-ring (bicyclic) bond motifs is 2. The first-order valence-corrected chi connectivity index (χ1v) is 6.93. The maximum atomic E-state index is 11.6. The Balaban J connectivity index is 2.11. The minimum atomic E-state index is 0.487. The Morgan fingerprint density at radius 1 is 1.24 bits per heavy atom. The summed E-state index contributed by atoms with van der Waals surface area (Å²) in [6.45, 7) is 5.73. The van der Waals surface area contributed by atoms with Crippen molar-refractivity contribution < 1.29 is 4.79 Å². The maximum absolute atomic E-state index is 11.6. The standard InChI is InChI=1S/C14H26N2O/c1-10(2)14(9-15(3)4)16-11-5-6-12(16)8-13(17)7-11/h10-12,14H,5-9H2,1-4H3. The molecule has 17 heavy (non-hydrogen) atoms. The molecule has 2 rings (SSSR count). The van der Waals surface area contributed by atoms with Crippen LogP contribution in [0.5, 0.6) is 0 Å². The van der Waals surface area contributed by atoms with Gasteiger partial charge in [-0.3, -0.25) is 9.69 Å². The average molecular weight is 238 g/mol. The Morgan fingerprint density at radius 3 is 2.18 bits per heavy atom. The van der Waals surface area contributed by atoms with Crippen LogP contribution in [0.15, 0.2) is 0 Å². The van der Waals surface area contributed by atoms with Crippen LogP contribution in [0.4, 0.5) is 0 Å². The SMILES string of the molecule is CC(C)C(CN(C)C)N1C2CCC1CC(=O)C2. The van der Waals surface area contributed by atoms with Crippen LogP contribution in [-0.2, 0) is 4.79 Å². The van der Waals surface area contributed by atoms with E-state index in [4.69, 9.17) is 0 Å². The molecule has 2 aliphatic rings. The highest BCUT2D eigenvalue weighted by Crippen LogP contribution is 2.37. The molecule has 2 bridgehead atoms. The number of carbonyl (C=O) groups is 1. The molecule has 0 amide bonds. The lowest BCUT2D eigenvalue weighted by atomic mass is 9.94. The largest absolute Gasteiger partial charge is 0.308 e. The van der Waals surface area contributed by atoms with Crippen LogP contribution in [0.25, 0.3) is 0 Å². The van der Waals surface area contributed by atoms with Crippen molar-refractivity contribution in [2.45, 2.75) is 57.7 Å². The minimum Gasteiger partial charge on any atom is -0.308 e. The highest BCUT2D eigenvalue weighted by Gasteiger charge is 2.44. The molecular formula is C14H26N2O. The molecule has 3 nitrogen and oxygen atoms in total. The molecule has 98 valence electrons. The summed E-state index contributed by atoms with van der Waals surface area (Å²) in [5.41, 5.74) is 0. The lowest BCUT2D eigenvalue weighted by Crippen LogP contribution is -2.54. The van der Waals surface area contributed by atoms with Crippen molar-refractivity contribution in [1.82, 2.24) is 9.80 Å². The van der Waals surface area contributed by atoms with Crippen LogP contribution in [0.2, 0.25) is 0 Å². The van der Waals surface area contributed by atoms with Crippen molar-refractivity contribution in [3.05, 3.63) is 0 Å². The van der Waals surface area contributed by atoms with E-state index in [1.54, 1.807) is 0 Å². The summed E-state index contributed by atoms with van der Waals surface area (Å²) >= 11 is 0. The second-order valence-corrected chi connectivity index (χ2v) is 6.35. The molecular weight excluding hydrogens is 212 g/mol. The molecule has 0 aliphatic carbocycles. The van der Waals surface area contributed by atoms with Gasteiger partial charge in [-0.15, -0.1) is 0 Å². The minimum absolute atomic E-state index is 0.487. The number of Topliss-reactive ketones (excluding diaryl/α,β-unsaturated/α-hetero) is 1. The van der Waals surface area contributed by atoms with Gasteiger partial charge in [-0.1, -0.05) is 13.8 Å². The number of ketones is 1. The molecule has 0 aromatic carbocycles. The van der Waals surface area contributed by atoms with Gasteiger partial charge in [-0.2, -0.15) is 0 Å². The van der Waals surface area contributed by atoms with Gasteiger partial charge in [0.05, 0.1) is 0 Å². The molecule has 3 unspecified atom stereocenters. The van der Waals surface area contributed by atoms with Crippen LogP contribution in [-0.4, -0.2) is 54.3 Å². The van der Waals surface area contributed by atoms with Gasteiger partial charge in [0.1, 0.15) is 5.78 Å². The van der Waals surface area contributed by atoms with E-state index >= 15 is 0 Å². The molecule has 2 saturated heterocycles. The first-order valence-electron chi connectivity index (χ1n) is 6.93. The van der Waals surface area contributed by atoms with Gasteiger partial charge in [0.2, 0.25) is 0 Å². The number of hydrogen-bond acceptors (Lipinski definition) is 3. The third kappa shape index (κ3) is 2.71. The summed E-state index contributed by atoms with van der Waals surface area (Å²) in [5.74, 6) is 1.15. The number of piperidine rings is 1. The fraction of sp³-hybridized carbons (Fsp3) is 0.929. The second-order valence-electron chi connectivity index (χ2n) is 6.35. The van der Waals surface area contributed by atoms with Crippen LogP contribution in [0, 0.1) is 5.92 Å². The van der Waals surface area contributed by atoms with Crippen molar-refractivity contribution in [2.24, 2.45) is 5.92 Å². The van der Waals surface area contributed by atoms with Crippen molar-refractivity contribution in [2.75, 3.05) is 20.6 Å². The number of hydrogen-bond donors (Lipinski definition) is 0. The van der Waals surface area contributed by atoms with Gasteiger partial charge in [0, 0.05) is 37.5 Å². The highest BCUT2D eigenvalue weighted by molar-refractivity contribution is 5.81.